The smallest absolute Gasteiger partial charge is 0.258 e. The Kier molecular flexibility index (Phi) is 4.79. The van der Waals surface area contributed by atoms with E-state index < -0.39 is 14.9 Å². The second-order valence-corrected chi connectivity index (χ2v) is 10.8. The molecule has 4 aliphatic rings. The third-order valence-electron chi connectivity index (χ3n) is 7.06. The molecule has 7 heteroatoms. The number of nitrogens with zero attached hydrogens (tertiary/aromatic N) is 1. The molecule has 4 fully saturated rings. The van der Waals surface area contributed by atoms with E-state index in [0.717, 1.165) is 24.2 Å². The lowest BCUT2D eigenvalue weighted by Gasteiger charge is -2.59. The van der Waals surface area contributed by atoms with Gasteiger partial charge in [0.2, 0.25) is 10.0 Å². The summed E-state index contributed by atoms with van der Waals surface area (Å²) in [4.78, 5) is 10.3. The number of nitro groups is 1. The summed E-state index contributed by atoms with van der Waals surface area (Å²) in [7, 11) is -3.49. The Morgan fingerprint density at radius 3 is 2.07 bits per heavy atom. The largest absolute Gasteiger partial charge is 0.269 e. The number of nitrogens with one attached hydrogen (secondary N) is 1. The summed E-state index contributed by atoms with van der Waals surface area (Å²) < 4.78 is 28.7. The van der Waals surface area contributed by atoms with Crippen molar-refractivity contribution in [2.75, 3.05) is 0 Å². The van der Waals surface area contributed by atoms with Crippen LogP contribution in [0.15, 0.2) is 24.3 Å². The van der Waals surface area contributed by atoms with Crippen molar-refractivity contribution in [3.05, 3.63) is 39.9 Å². The lowest BCUT2D eigenvalue weighted by Crippen LogP contribution is -2.56. The second-order valence-electron chi connectivity index (χ2n) is 9.04. The Morgan fingerprint density at radius 2 is 1.63 bits per heavy atom. The number of benzene rings is 1. The Hall–Kier alpha value is -1.47. The van der Waals surface area contributed by atoms with E-state index in [1.807, 2.05) is 0 Å². The van der Waals surface area contributed by atoms with E-state index in [9.17, 15) is 18.5 Å². The molecule has 148 valence electrons. The van der Waals surface area contributed by atoms with Crippen LogP contribution >= 0.6 is 0 Å². The fraction of sp³-hybridized carbons (Fsp3) is 0.700. The van der Waals surface area contributed by atoms with Crippen molar-refractivity contribution in [3.8, 4) is 0 Å². The molecule has 4 bridgehead atoms. The van der Waals surface area contributed by atoms with Gasteiger partial charge >= 0.3 is 0 Å². The number of non-ortho nitro benzene ring substituents is 1. The highest BCUT2D eigenvalue weighted by atomic mass is 32.2. The number of sulfonamides is 1. The fourth-order valence-electron chi connectivity index (χ4n) is 6.44. The molecule has 0 heterocycles. The number of hydrogen-bond donors (Lipinski definition) is 1. The van der Waals surface area contributed by atoms with Crippen LogP contribution in [0.5, 0.6) is 0 Å². The van der Waals surface area contributed by atoms with Crippen molar-refractivity contribution >= 4 is 15.7 Å². The summed E-state index contributed by atoms with van der Waals surface area (Å²) in [6, 6.07) is 5.78. The zero-order valence-corrected chi connectivity index (χ0v) is 16.6. The molecule has 27 heavy (non-hydrogen) atoms. The Morgan fingerprint density at radius 1 is 1.11 bits per heavy atom. The molecular weight excluding hydrogens is 364 g/mol. The van der Waals surface area contributed by atoms with Gasteiger partial charge in [-0.3, -0.25) is 10.1 Å². The molecular formula is C20H28N2O4S. The first kappa shape index (κ1) is 18.9. The van der Waals surface area contributed by atoms with Gasteiger partial charge in [0.1, 0.15) is 0 Å². The predicted molar refractivity (Wildman–Crippen MR) is 104 cm³/mol. The monoisotopic (exact) mass is 392 g/mol. The number of nitro benzene ring substituents is 1. The summed E-state index contributed by atoms with van der Waals surface area (Å²) in [6.07, 6.45) is 8.32. The van der Waals surface area contributed by atoms with Crippen LogP contribution in [0.3, 0.4) is 0 Å². The molecule has 5 rings (SSSR count). The van der Waals surface area contributed by atoms with Gasteiger partial charge in [-0.05, 0) is 73.7 Å². The van der Waals surface area contributed by atoms with Crippen molar-refractivity contribution in [1.82, 2.24) is 4.72 Å². The highest BCUT2D eigenvalue weighted by Crippen LogP contribution is 2.61. The molecule has 4 aliphatic carbocycles. The zero-order chi connectivity index (χ0) is 19.2. The average molecular weight is 393 g/mol. The third kappa shape index (κ3) is 3.76. The maximum Gasteiger partial charge on any atom is 0.269 e. The molecule has 0 aliphatic heterocycles. The van der Waals surface area contributed by atoms with Crippen LogP contribution < -0.4 is 4.72 Å². The SMILES string of the molecule is CCC(NS(=O)(=O)Cc1ccc([N+](=O)[O-])cc1)C12CC3CC(CC(C3)C1)C2. The van der Waals surface area contributed by atoms with Crippen LogP contribution in [0.2, 0.25) is 0 Å². The molecule has 1 aromatic rings. The van der Waals surface area contributed by atoms with Gasteiger partial charge in [0.25, 0.3) is 5.69 Å². The van der Waals surface area contributed by atoms with Gasteiger partial charge in [-0.2, -0.15) is 0 Å². The Balaban J connectivity index is 1.48. The first-order valence-electron chi connectivity index (χ1n) is 10.0. The lowest BCUT2D eigenvalue weighted by atomic mass is 9.47. The lowest BCUT2D eigenvalue weighted by molar-refractivity contribution is -0.384. The average Bonchev–Trinajstić information content (AvgIpc) is 2.58. The standard InChI is InChI=1S/C20H28N2O4S/c1-2-19(20-10-15-7-16(11-20)9-17(8-15)12-20)21-27(25,26)13-14-3-5-18(6-4-14)22(23)24/h3-6,15-17,19,21H,2,7-13H2,1H3. The maximum atomic E-state index is 12.8. The quantitative estimate of drug-likeness (QED) is 0.561. The summed E-state index contributed by atoms with van der Waals surface area (Å²) in [6.45, 7) is 2.08. The first-order chi connectivity index (χ1) is 12.8. The first-order valence-corrected chi connectivity index (χ1v) is 11.7. The normalized spacial score (nSPS) is 33.1. The van der Waals surface area contributed by atoms with Crippen molar-refractivity contribution in [3.63, 3.8) is 0 Å². The third-order valence-corrected chi connectivity index (χ3v) is 8.42. The van der Waals surface area contributed by atoms with Crippen molar-refractivity contribution in [1.29, 1.82) is 0 Å². The van der Waals surface area contributed by atoms with Crippen molar-refractivity contribution < 1.29 is 13.3 Å². The van der Waals surface area contributed by atoms with Gasteiger partial charge in [-0.1, -0.05) is 19.1 Å². The zero-order valence-electron chi connectivity index (χ0n) is 15.8. The molecule has 1 N–H and O–H groups in total. The molecule has 0 spiro atoms. The minimum atomic E-state index is -3.49. The van der Waals surface area contributed by atoms with Crippen LogP contribution in [0.25, 0.3) is 0 Å². The molecule has 1 aromatic carbocycles. The van der Waals surface area contributed by atoms with E-state index in [0.29, 0.717) is 5.56 Å². The fourth-order valence-corrected chi connectivity index (χ4v) is 8.00. The molecule has 4 saturated carbocycles. The van der Waals surface area contributed by atoms with E-state index in [1.54, 1.807) is 0 Å². The van der Waals surface area contributed by atoms with Gasteiger partial charge in [0, 0.05) is 18.2 Å². The molecule has 0 aromatic heterocycles. The van der Waals surface area contributed by atoms with E-state index in [-0.39, 0.29) is 22.9 Å². The molecule has 1 unspecified atom stereocenters. The van der Waals surface area contributed by atoms with Crippen LogP contribution in [-0.4, -0.2) is 19.4 Å². The van der Waals surface area contributed by atoms with E-state index >= 15 is 0 Å². The van der Waals surface area contributed by atoms with Crippen LogP contribution in [-0.2, 0) is 15.8 Å². The molecule has 1 atom stereocenters. The summed E-state index contributed by atoms with van der Waals surface area (Å²) in [5.41, 5.74) is 0.684. The Bertz CT molecular complexity index is 784. The van der Waals surface area contributed by atoms with Gasteiger partial charge < -0.3 is 0 Å². The highest BCUT2D eigenvalue weighted by molar-refractivity contribution is 7.88. The van der Waals surface area contributed by atoms with Crippen molar-refractivity contribution in [2.24, 2.45) is 23.2 Å². The van der Waals surface area contributed by atoms with E-state index in [2.05, 4.69) is 11.6 Å². The molecule has 0 saturated heterocycles. The minimum absolute atomic E-state index is 0.00560. The number of hydrogen-bond acceptors (Lipinski definition) is 4. The molecule has 0 radical (unpaired) electrons. The van der Waals surface area contributed by atoms with Gasteiger partial charge in [0.05, 0.1) is 10.7 Å². The van der Waals surface area contributed by atoms with Crippen LogP contribution in [0.1, 0.15) is 57.4 Å². The summed E-state index contributed by atoms with van der Waals surface area (Å²) in [5, 5.41) is 10.8. The minimum Gasteiger partial charge on any atom is -0.258 e. The second kappa shape index (κ2) is 6.85. The molecule has 0 amide bonds. The number of rotatable bonds is 7. The summed E-state index contributed by atoms with van der Waals surface area (Å²) >= 11 is 0. The highest BCUT2D eigenvalue weighted by Gasteiger charge is 2.54. The maximum absolute atomic E-state index is 12.8. The topological polar surface area (TPSA) is 89.3 Å². The van der Waals surface area contributed by atoms with Crippen molar-refractivity contribution in [2.45, 2.75) is 63.7 Å². The van der Waals surface area contributed by atoms with E-state index in [1.165, 1.54) is 62.8 Å². The predicted octanol–water partition coefficient (Wildman–Crippen LogP) is 4.01. The Labute approximate surface area is 160 Å². The molecule has 6 nitrogen and oxygen atoms in total. The van der Waals surface area contributed by atoms with Gasteiger partial charge in [0.15, 0.2) is 0 Å². The summed E-state index contributed by atoms with van der Waals surface area (Å²) in [5.74, 6) is 2.21. The van der Waals surface area contributed by atoms with Gasteiger partial charge in [-0.25, -0.2) is 13.1 Å². The van der Waals surface area contributed by atoms with Gasteiger partial charge in [-0.15, -0.1) is 0 Å². The van der Waals surface area contributed by atoms with Crippen LogP contribution in [0.4, 0.5) is 5.69 Å². The van der Waals surface area contributed by atoms with Crippen LogP contribution in [0, 0.1) is 33.3 Å². The van der Waals surface area contributed by atoms with E-state index in [4.69, 9.17) is 0 Å².